The summed E-state index contributed by atoms with van der Waals surface area (Å²) in [6.45, 7) is 0.841. The Morgan fingerprint density at radius 2 is 2.09 bits per heavy atom. The molecular weight excluding hydrogens is 412 g/mol. The van der Waals surface area contributed by atoms with Crippen LogP contribution in [0, 0.1) is 5.92 Å². The Labute approximate surface area is 186 Å². The number of ketones is 1. The molecular formula is C25H27F2N3O2. The van der Waals surface area contributed by atoms with Crippen molar-refractivity contribution in [3.63, 3.8) is 0 Å². The van der Waals surface area contributed by atoms with Crippen LogP contribution in [0.2, 0.25) is 0 Å². The van der Waals surface area contributed by atoms with Crippen molar-refractivity contribution in [1.82, 2.24) is 9.38 Å². The number of oxime groups is 1. The van der Waals surface area contributed by atoms with E-state index in [1.807, 2.05) is 47.0 Å². The number of halogens is 2. The molecule has 0 bridgehead atoms. The van der Waals surface area contributed by atoms with Crippen LogP contribution in [0.3, 0.4) is 0 Å². The van der Waals surface area contributed by atoms with E-state index in [0.717, 1.165) is 53.5 Å². The van der Waals surface area contributed by atoms with Crippen LogP contribution >= 0.6 is 0 Å². The smallest absolute Gasteiger partial charge is 0.245 e. The van der Waals surface area contributed by atoms with Gasteiger partial charge in [-0.1, -0.05) is 29.8 Å². The van der Waals surface area contributed by atoms with E-state index in [9.17, 15) is 13.6 Å². The van der Waals surface area contributed by atoms with Gasteiger partial charge in [-0.25, -0.2) is 13.8 Å². The number of aromatic nitrogens is 2. The minimum absolute atomic E-state index is 0.127. The molecule has 1 saturated carbocycles. The topological polar surface area (TPSA) is 56.0 Å². The fourth-order valence-electron chi connectivity index (χ4n) is 4.01. The van der Waals surface area contributed by atoms with Gasteiger partial charge < -0.3 is 4.84 Å². The molecule has 1 aliphatic carbocycles. The summed E-state index contributed by atoms with van der Waals surface area (Å²) in [6.07, 6.45) is 6.82. The van der Waals surface area contributed by atoms with Crippen molar-refractivity contribution in [2.75, 3.05) is 7.11 Å². The van der Waals surface area contributed by atoms with Gasteiger partial charge in [-0.15, -0.1) is 0 Å². The molecule has 168 valence electrons. The van der Waals surface area contributed by atoms with Crippen LogP contribution in [-0.2, 0) is 16.1 Å². The molecule has 0 atom stereocenters. The Bertz CT molecular complexity index is 1140. The van der Waals surface area contributed by atoms with E-state index in [1.54, 1.807) is 13.3 Å². The zero-order chi connectivity index (χ0) is 22.7. The quantitative estimate of drug-likeness (QED) is 0.317. The summed E-state index contributed by atoms with van der Waals surface area (Å²) in [5.41, 5.74) is 5.39. The third-order valence-corrected chi connectivity index (χ3v) is 5.96. The molecule has 0 saturated heterocycles. The van der Waals surface area contributed by atoms with E-state index in [0.29, 0.717) is 5.92 Å². The zero-order valence-electron chi connectivity index (χ0n) is 18.4. The molecule has 2 heterocycles. The van der Waals surface area contributed by atoms with E-state index in [1.165, 1.54) is 6.42 Å². The van der Waals surface area contributed by atoms with Gasteiger partial charge in [0.1, 0.15) is 18.5 Å². The lowest BCUT2D eigenvalue weighted by molar-refractivity contribution is -0.120. The van der Waals surface area contributed by atoms with Gasteiger partial charge in [-0.05, 0) is 43.5 Å². The average Bonchev–Trinajstić information content (AvgIpc) is 3.14. The number of benzene rings is 1. The molecule has 0 radical (unpaired) electrons. The highest BCUT2D eigenvalue weighted by molar-refractivity contribution is 6.03. The van der Waals surface area contributed by atoms with E-state index < -0.39 is 12.3 Å². The molecule has 2 aromatic heterocycles. The first-order valence-corrected chi connectivity index (χ1v) is 10.9. The van der Waals surface area contributed by atoms with Gasteiger partial charge in [0.25, 0.3) is 0 Å². The van der Waals surface area contributed by atoms with Crippen LogP contribution in [-0.4, -0.2) is 33.9 Å². The van der Waals surface area contributed by atoms with Gasteiger partial charge in [-0.3, -0.25) is 9.20 Å². The monoisotopic (exact) mass is 439 g/mol. The number of carbonyl (C=O) groups is 1. The van der Waals surface area contributed by atoms with Crippen molar-refractivity contribution in [2.45, 2.75) is 51.4 Å². The Hall–Kier alpha value is -3.09. The summed E-state index contributed by atoms with van der Waals surface area (Å²) in [5.74, 6) is -2.58. The van der Waals surface area contributed by atoms with Gasteiger partial charge in [0.15, 0.2) is 0 Å². The summed E-state index contributed by atoms with van der Waals surface area (Å²) in [7, 11) is 1.57. The molecule has 4 rings (SSSR count). The molecule has 0 spiro atoms. The summed E-state index contributed by atoms with van der Waals surface area (Å²) >= 11 is 0. The lowest BCUT2D eigenvalue weighted by atomic mass is 9.79. The number of imidazole rings is 1. The average molecular weight is 440 g/mol. The highest BCUT2D eigenvalue weighted by Gasteiger charge is 2.26. The summed E-state index contributed by atoms with van der Waals surface area (Å²) in [4.78, 5) is 21.8. The molecule has 0 unspecified atom stereocenters. The lowest BCUT2D eigenvalue weighted by Crippen LogP contribution is -2.23. The first-order chi connectivity index (χ1) is 15.3. The maximum atomic E-state index is 13.0. The third-order valence-electron chi connectivity index (χ3n) is 5.96. The van der Waals surface area contributed by atoms with Gasteiger partial charge >= 0.3 is 0 Å². The van der Waals surface area contributed by atoms with Gasteiger partial charge in [-0.2, -0.15) is 0 Å². The van der Waals surface area contributed by atoms with Crippen LogP contribution in [0.25, 0.3) is 16.9 Å². The van der Waals surface area contributed by atoms with Crippen LogP contribution in [0.4, 0.5) is 8.78 Å². The van der Waals surface area contributed by atoms with Crippen molar-refractivity contribution < 1.29 is 18.4 Å². The van der Waals surface area contributed by atoms with Gasteiger partial charge in [0.05, 0.1) is 17.6 Å². The van der Waals surface area contributed by atoms with Crippen LogP contribution in [0.15, 0.2) is 53.9 Å². The molecule has 1 fully saturated rings. The molecule has 1 aliphatic rings. The number of hydrogen-bond acceptors (Lipinski definition) is 4. The second kappa shape index (κ2) is 9.18. The Balaban J connectivity index is 1.56. The summed E-state index contributed by atoms with van der Waals surface area (Å²) < 4.78 is 28.1. The standard InChI is InChI=1S/C25H27F2N3O2/c1-25(26,27)11-9-21(31)14-17-5-3-8-19(13-17)22-16-28-23-15-20(10-12-30(22)23)24(29-32-2)18-6-4-7-18/h3,5,8,10,12-13,15-16,18H,4,6-7,9,11,14H2,1-2H3/b29-24-. The normalized spacial score (nSPS) is 15.1. The first kappa shape index (κ1) is 22.1. The number of rotatable bonds is 9. The predicted molar refractivity (Wildman–Crippen MR) is 120 cm³/mol. The number of nitrogens with zero attached hydrogens (tertiary/aromatic N) is 3. The number of Topliss-reactive ketones (excluding diaryl/α,β-unsaturated/α-hetero) is 1. The second-order valence-electron chi connectivity index (χ2n) is 8.56. The van der Waals surface area contributed by atoms with Gasteiger partial charge in [0.2, 0.25) is 5.92 Å². The number of hydrogen-bond donors (Lipinski definition) is 0. The van der Waals surface area contributed by atoms with E-state index in [4.69, 9.17) is 4.84 Å². The Morgan fingerprint density at radius 3 is 2.78 bits per heavy atom. The van der Waals surface area contributed by atoms with Crippen molar-refractivity contribution in [3.8, 4) is 11.3 Å². The Morgan fingerprint density at radius 1 is 1.28 bits per heavy atom. The fraction of sp³-hybridized carbons (Fsp3) is 0.400. The van der Waals surface area contributed by atoms with Crippen LogP contribution in [0.5, 0.6) is 0 Å². The van der Waals surface area contributed by atoms with Crippen LogP contribution in [0.1, 0.15) is 50.2 Å². The van der Waals surface area contributed by atoms with Crippen molar-refractivity contribution in [2.24, 2.45) is 11.1 Å². The molecule has 0 N–H and O–H groups in total. The molecule has 5 nitrogen and oxygen atoms in total. The minimum atomic E-state index is -2.82. The third kappa shape index (κ3) is 5.03. The highest BCUT2D eigenvalue weighted by Crippen LogP contribution is 2.31. The van der Waals surface area contributed by atoms with E-state index >= 15 is 0 Å². The summed E-state index contributed by atoms with van der Waals surface area (Å²) in [6, 6.07) is 11.6. The van der Waals surface area contributed by atoms with Crippen molar-refractivity contribution in [3.05, 3.63) is 59.9 Å². The molecule has 0 amide bonds. The van der Waals surface area contributed by atoms with Gasteiger partial charge in [0, 0.05) is 42.5 Å². The highest BCUT2D eigenvalue weighted by atomic mass is 19.3. The number of carbonyl (C=O) groups excluding carboxylic acids is 1. The van der Waals surface area contributed by atoms with E-state index in [-0.39, 0.29) is 18.6 Å². The molecule has 7 heteroatoms. The van der Waals surface area contributed by atoms with Crippen LogP contribution < -0.4 is 0 Å². The van der Waals surface area contributed by atoms with E-state index in [2.05, 4.69) is 10.1 Å². The minimum Gasteiger partial charge on any atom is -0.399 e. The zero-order valence-corrected chi connectivity index (χ0v) is 18.4. The van der Waals surface area contributed by atoms with Crippen molar-refractivity contribution in [1.29, 1.82) is 0 Å². The largest absolute Gasteiger partial charge is 0.399 e. The van der Waals surface area contributed by atoms with Crippen molar-refractivity contribution >= 4 is 17.1 Å². The maximum absolute atomic E-state index is 13.0. The number of alkyl halides is 2. The molecule has 3 aromatic rings. The predicted octanol–water partition coefficient (Wildman–Crippen LogP) is 5.70. The fourth-order valence-corrected chi connectivity index (χ4v) is 4.01. The number of fused-ring (bicyclic) bond motifs is 1. The second-order valence-corrected chi connectivity index (χ2v) is 8.56. The molecule has 1 aromatic carbocycles. The maximum Gasteiger partial charge on any atom is 0.245 e. The molecule has 0 aliphatic heterocycles. The first-order valence-electron chi connectivity index (χ1n) is 10.9. The number of pyridine rings is 1. The molecule has 32 heavy (non-hydrogen) atoms. The SMILES string of the molecule is CO/N=C(\c1ccn2c(-c3cccc(CC(=O)CCC(C)(F)F)c3)cnc2c1)C1CCC1. The Kier molecular flexibility index (Phi) is 6.35. The summed E-state index contributed by atoms with van der Waals surface area (Å²) in [5, 5.41) is 4.26. The lowest BCUT2D eigenvalue weighted by Gasteiger charge is -2.26.